The Kier molecular flexibility index (Phi) is 4.07. The molecule has 0 saturated carbocycles. The highest BCUT2D eigenvalue weighted by Crippen LogP contribution is 2.13. The molecule has 0 bridgehead atoms. The van der Waals surface area contributed by atoms with E-state index in [9.17, 15) is 0 Å². The average Bonchev–Trinajstić information content (AvgIpc) is 2.81. The third-order valence-electron chi connectivity index (χ3n) is 3.44. The van der Waals surface area contributed by atoms with Crippen molar-refractivity contribution in [3.05, 3.63) is 30.3 Å². The summed E-state index contributed by atoms with van der Waals surface area (Å²) < 4.78 is 0. The number of benzene rings is 1. The molecule has 1 atom stereocenters. The monoisotopic (exact) mass is 246 g/mol. The SMILES string of the molecule is CC(CNC1=NCCN1C)N(C)c1ccccc1. The quantitative estimate of drug-likeness (QED) is 0.871. The predicted octanol–water partition coefficient (Wildman–Crippen LogP) is 1.40. The molecule has 1 unspecified atom stereocenters. The second-order valence-corrected chi connectivity index (χ2v) is 4.80. The lowest BCUT2D eigenvalue weighted by Crippen LogP contribution is -2.44. The van der Waals surface area contributed by atoms with E-state index in [0.29, 0.717) is 6.04 Å². The first-order valence-electron chi connectivity index (χ1n) is 6.46. The Hall–Kier alpha value is -1.71. The van der Waals surface area contributed by atoms with Gasteiger partial charge in [0.2, 0.25) is 0 Å². The van der Waals surface area contributed by atoms with Gasteiger partial charge >= 0.3 is 0 Å². The van der Waals surface area contributed by atoms with Crippen LogP contribution in [0.15, 0.2) is 35.3 Å². The van der Waals surface area contributed by atoms with Crippen LogP contribution in [0.2, 0.25) is 0 Å². The summed E-state index contributed by atoms with van der Waals surface area (Å²) in [4.78, 5) is 8.88. The van der Waals surface area contributed by atoms with Crippen molar-refractivity contribution in [3.8, 4) is 0 Å². The van der Waals surface area contributed by atoms with Gasteiger partial charge in [0, 0.05) is 38.9 Å². The first-order valence-corrected chi connectivity index (χ1v) is 6.46. The van der Waals surface area contributed by atoms with Crippen LogP contribution in [0.4, 0.5) is 5.69 Å². The van der Waals surface area contributed by atoms with Crippen molar-refractivity contribution in [1.29, 1.82) is 0 Å². The Labute approximate surface area is 109 Å². The summed E-state index contributed by atoms with van der Waals surface area (Å²) in [6, 6.07) is 10.9. The second kappa shape index (κ2) is 5.76. The maximum absolute atomic E-state index is 4.43. The fourth-order valence-corrected chi connectivity index (χ4v) is 2.02. The number of hydrogen-bond donors (Lipinski definition) is 1. The number of rotatable bonds is 4. The molecular weight excluding hydrogens is 224 g/mol. The highest BCUT2D eigenvalue weighted by Gasteiger charge is 2.14. The summed E-state index contributed by atoms with van der Waals surface area (Å²) in [6.07, 6.45) is 0. The molecule has 0 aliphatic carbocycles. The Balaban J connectivity index is 1.86. The van der Waals surface area contributed by atoms with Crippen LogP contribution in [-0.2, 0) is 0 Å². The van der Waals surface area contributed by atoms with E-state index in [2.05, 4.69) is 65.4 Å². The highest BCUT2D eigenvalue weighted by molar-refractivity contribution is 5.81. The average molecular weight is 246 g/mol. The molecule has 1 aliphatic rings. The van der Waals surface area contributed by atoms with Crippen LogP contribution in [0, 0.1) is 0 Å². The molecule has 4 heteroatoms. The van der Waals surface area contributed by atoms with Gasteiger partial charge in [-0.1, -0.05) is 18.2 Å². The fourth-order valence-electron chi connectivity index (χ4n) is 2.02. The largest absolute Gasteiger partial charge is 0.370 e. The van der Waals surface area contributed by atoms with Crippen LogP contribution in [-0.4, -0.2) is 50.6 Å². The lowest BCUT2D eigenvalue weighted by atomic mass is 10.2. The Morgan fingerprint density at radius 1 is 1.39 bits per heavy atom. The van der Waals surface area contributed by atoms with E-state index in [-0.39, 0.29) is 0 Å². The minimum absolute atomic E-state index is 0.420. The molecule has 1 aromatic rings. The van der Waals surface area contributed by atoms with Gasteiger partial charge in [-0.15, -0.1) is 0 Å². The topological polar surface area (TPSA) is 30.9 Å². The van der Waals surface area contributed by atoms with Crippen LogP contribution >= 0.6 is 0 Å². The van der Waals surface area contributed by atoms with Gasteiger partial charge in [-0.3, -0.25) is 4.99 Å². The van der Waals surface area contributed by atoms with Crippen molar-refractivity contribution in [2.24, 2.45) is 4.99 Å². The van der Waals surface area contributed by atoms with E-state index in [1.165, 1.54) is 5.69 Å². The van der Waals surface area contributed by atoms with Crippen LogP contribution in [0.1, 0.15) is 6.92 Å². The van der Waals surface area contributed by atoms with Crippen molar-refractivity contribution < 1.29 is 0 Å². The predicted molar refractivity (Wildman–Crippen MR) is 77.2 cm³/mol. The van der Waals surface area contributed by atoms with Gasteiger partial charge in [0.15, 0.2) is 5.96 Å². The number of likely N-dealkylation sites (N-methyl/N-ethyl adjacent to an activating group) is 2. The minimum Gasteiger partial charge on any atom is -0.370 e. The summed E-state index contributed by atoms with van der Waals surface area (Å²) >= 11 is 0. The number of nitrogens with zero attached hydrogens (tertiary/aromatic N) is 3. The van der Waals surface area contributed by atoms with Crippen LogP contribution < -0.4 is 10.2 Å². The lowest BCUT2D eigenvalue weighted by Gasteiger charge is -2.28. The van der Waals surface area contributed by atoms with Crippen molar-refractivity contribution in [2.45, 2.75) is 13.0 Å². The normalized spacial score (nSPS) is 16.4. The summed E-state index contributed by atoms with van der Waals surface area (Å²) in [5.74, 6) is 1.02. The van der Waals surface area contributed by atoms with E-state index in [1.807, 2.05) is 6.07 Å². The zero-order valence-electron chi connectivity index (χ0n) is 11.4. The van der Waals surface area contributed by atoms with E-state index in [4.69, 9.17) is 0 Å². The number of guanidine groups is 1. The van der Waals surface area contributed by atoms with E-state index in [1.54, 1.807) is 0 Å². The molecule has 4 nitrogen and oxygen atoms in total. The molecule has 0 amide bonds. The molecule has 0 radical (unpaired) electrons. The number of nitrogens with one attached hydrogen (secondary N) is 1. The molecule has 0 spiro atoms. The number of aliphatic imine (C=N–C) groups is 1. The van der Waals surface area contributed by atoms with Gasteiger partial charge in [-0.05, 0) is 19.1 Å². The zero-order valence-corrected chi connectivity index (χ0v) is 11.4. The maximum atomic E-state index is 4.43. The molecule has 1 aliphatic heterocycles. The molecule has 0 saturated heterocycles. The Morgan fingerprint density at radius 2 is 2.11 bits per heavy atom. The lowest BCUT2D eigenvalue weighted by molar-refractivity contribution is 0.526. The van der Waals surface area contributed by atoms with E-state index < -0.39 is 0 Å². The van der Waals surface area contributed by atoms with Crippen LogP contribution in [0.3, 0.4) is 0 Å². The molecule has 2 rings (SSSR count). The summed E-state index contributed by atoms with van der Waals surface area (Å²) in [5.41, 5.74) is 1.24. The number of hydrogen-bond acceptors (Lipinski definition) is 4. The Morgan fingerprint density at radius 3 is 2.72 bits per heavy atom. The fraction of sp³-hybridized carbons (Fsp3) is 0.500. The zero-order chi connectivity index (χ0) is 13.0. The molecule has 1 N–H and O–H groups in total. The van der Waals surface area contributed by atoms with Gasteiger partial charge in [0.25, 0.3) is 0 Å². The maximum Gasteiger partial charge on any atom is 0.193 e. The minimum atomic E-state index is 0.420. The van der Waals surface area contributed by atoms with Crippen molar-refractivity contribution in [3.63, 3.8) is 0 Å². The summed E-state index contributed by atoms with van der Waals surface area (Å²) in [6.45, 7) is 5.04. The van der Waals surface area contributed by atoms with Gasteiger partial charge < -0.3 is 15.1 Å². The van der Waals surface area contributed by atoms with Gasteiger partial charge in [0.05, 0.1) is 6.54 Å². The third kappa shape index (κ3) is 2.94. The summed E-state index contributed by atoms with van der Waals surface area (Å²) in [7, 11) is 4.20. The molecule has 1 aromatic carbocycles. The van der Waals surface area contributed by atoms with Crippen molar-refractivity contribution >= 4 is 11.6 Å². The molecule has 0 fully saturated rings. The van der Waals surface area contributed by atoms with Gasteiger partial charge in [0.1, 0.15) is 0 Å². The van der Waals surface area contributed by atoms with Crippen molar-refractivity contribution in [1.82, 2.24) is 10.2 Å². The molecule has 0 aromatic heterocycles. The van der Waals surface area contributed by atoms with Crippen LogP contribution in [0.25, 0.3) is 0 Å². The van der Waals surface area contributed by atoms with Crippen LogP contribution in [0.5, 0.6) is 0 Å². The second-order valence-electron chi connectivity index (χ2n) is 4.80. The first-order chi connectivity index (χ1) is 8.68. The smallest absolute Gasteiger partial charge is 0.193 e. The van der Waals surface area contributed by atoms with E-state index >= 15 is 0 Å². The molecule has 98 valence electrons. The molecule has 1 heterocycles. The van der Waals surface area contributed by atoms with E-state index in [0.717, 1.165) is 25.6 Å². The van der Waals surface area contributed by atoms with Gasteiger partial charge in [-0.25, -0.2) is 0 Å². The van der Waals surface area contributed by atoms with Crippen molar-refractivity contribution in [2.75, 3.05) is 38.6 Å². The molecular formula is C14H22N4. The number of anilines is 1. The highest BCUT2D eigenvalue weighted by atomic mass is 15.3. The Bertz CT molecular complexity index is 402. The standard InChI is InChI=1S/C14H22N4/c1-12(11-16-14-15-9-10-17(14)2)18(3)13-7-5-4-6-8-13/h4-8,12H,9-11H2,1-3H3,(H,15,16). The number of para-hydroxylation sites is 1. The van der Waals surface area contributed by atoms with Gasteiger partial charge in [-0.2, -0.15) is 0 Å². The first kappa shape index (κ1) is 12.7. The third-order valence-corrected chi connectivity index (χ3v) is 3.44. The molecule has 18 heavy (non-hydrogen) atoms. The summed E-state index contributed by atoms with van der Waals surface area (Å²) in [5, 5.41) is 3.42.